The van der Waals surface area contributed by atoms with Crippen LogP contribution in [0.4, 0.5) is 11.4 Å². The molecule has 40 heavy (non-hydrogen) atoms. The van der Waals surface area contributed by atoms with Gasteiger partial charge in [-0.3, -0.25) is 19.2 Å². The average molecular weight is 701 g/mol. The van der Waals surface area contributed by atoms with Gasteiger partial charge in [-0.05, 0) is 54.6 Å². The number of aromatic amines is 1. The number of hydrogen-bond acceptors (Lipinski definition) is 7. The molecule has 1 saturated heterocycles. The lowest BCUT2D eigenvalue weighted by molar-refractivity contribution is -0.122. The van der Waals surface area contributed by atoms with Crippen LogP contribution < -0.4 is 19.8 Å². The number of benzene rings is 3. The number of aromatic nitrogens is 1. The molecule has 3 heterocycles. The Hall–Kier alpha value is -3.19. The number of thiazole rings is 1. The third-order valence-corrected chi connectivity index (χ3v) is 10.1. The summed E-state index contributed by atoms with van der Waals surface area (Å²) in [4.78, 5) is 57.2. The number of carbonyl (C=O) groups is 3. The molecule has 12 heteroatoms. The van der Waals surface area contributed by atoms with E-state index in [0.717, 1.165) is 20.3 Å². The number of H-pyrrole nitrogens is 1. The summed E-state index contributed by atoms with van der Waals surface area (Å²) in [7, 11) is 0. The van der Waals surface area contributed by atoms with Gasteiger partial charge in [-0.15, -0.1) is 0 Å². The predicted octanol–water partition coefficient (Wildman–Crippen LogP) is 5.77. The second kappa shape index (κ2) is 11.0. The zero-order valence-electron chi connectivity index (χ0n) is 20.4. The zero-order chi connectivity index (χ0) is 28.0. The fraction of sp³-hybridized carbons (Fsp3) is 0.143. The van der Waals surface area contributed by atoms with Crippen LogP contribution in [-0.4, -0.2) is 34.6 Å². The van der Waals surface area contributed by atoms with Crippen LogP contribution in [0, 0.1) is 5.92 Å². The monoisotopic (exact) mass is 699 g/mol. The van der Waals surface area contributed by atoms with E-state index in [1.807, 2.05) is 24.3 Å². The van der Waals surface area contributed by atoms with Crippen molar-refractivity contribution in [3.05, 3.63) is 102 Å². The van der Waals surface area contributed by atoms with Crippen molar-refractivity contribution >= 4 is 84.1 Å². The van der Waals surface area contributed by atoms with Crippen molar-refractivity contribution in [2.75, 3.05) is 16.8 Å². The normalized spacial score (nSPS) is 19.8. The van der Waals surface area contributed by atoms with Crippen LogP contribution in [0.1, 0.15) is 16.4 Å². The van der Waals surface area contributed by atoms with Gasteiger partial charge in [0, 0.05) is 31.0 Å². The first-order valence-corrected chi connectivity index (χ1v) is 15.4. The number of halogens is 2. The summed E-state index contributed by atoms with van der Waals surface area (Å²) < 4.78 is 7.55. The average Bonchev–Trinajstić information content (AvgIpc) is 3.43. The SMILES string of the molecule is O=C(COc1ccc(Br)cc1[C@H]1c2sc(=O)[nH]c2SC2C(=O)N(c3ccc(Br)cc3)C(=O)C21)Nc1ccccc1. The fourth-order valence-electron chi connectivity index (χ4n) is 4.95. The lowest BCUT2D eigenvalue weighted by atomic mass is 9.82. The summed E-state index contributed by atoms with van der Waals surface area (Å²) in [5.41, 5.74) is 1.73. The van der Waals surface area contributed by atoms with Crippen LogP contribution in [0.5, 0.6) is 5.75 Å². The maximum Gasteiger partial charge on any atom is 0.305 e. The Labute approximate surface area is 253 Å². The highest BCUT2D eigenvalue weighted by Crippen LogP contribution is 2.54. The number of nitrogens with one attached hydrogen (secondary N) is 2. The number of carbonyl (C=O) groups excluding carboxylic acids is 3. The van der Waals surface area contributed by atoms with Crippen molar-refractivity contribution in [2.45, 2.75) is 16.2 Å². The predicted molar refractivity (Wildman–Crippen MR) is 161 cm³/mol. The van der Waals surface area contributed by atoms with Crippen molar-refractivity contribution in [3.63, 3.8) is 0 Å². The van der Waals surface area contributed by atoms with Crippen molar-refractivity contribution < 1.29 is 19.1 Å². The third-order valence-electron chi connectivity index (χ3n) is 6.63. The standard InChI is InChI=1S/C28H19Br2N3O5S2/c29-14-6-9-17(10-7-14)33-26(35)22-21(23-25(32-28(37)40-23)39-24(22)27(33)36)18-12-15(30)8-11-19(18)38-13-20(34)31-16-4-2-1-3-5-16/h1-12,21-22,24H,13H2,(H,31,34)(H,32,37)/t21-,22?,24?/m1/s1. The van der Waals surface area contributed by atoms with E-state index in [1.54, 1.807) is 48.5 Å². The van der Waals surface area contributed by atoms with Gasteiger partial charge in [-0.25, -0.2) is 4.90 Å². The van der Waals surface area contributed by atoms with E-state index in [1.165, 1.54) is 16.7 Å². The molecular weight excluding hydrogens is 682 g/mol. The Morgan fingerprint density at radius 2 is 1.68 bits per heavy atom. The molecule has 0 radical (unpaired) electrons. The van der Waals surface area contributed by atoms with E-state index < -0.39 is 17.1 Å². The molecule has 0 aliphatic carbocycles. The van der Waals surface area contributed by atoms with Gasteiger partial charge < -0.3 is 15.0 Å². The summed E-state index contributed by atoms with van der Waals surface area (Å²) in [5.74, 6) is -2.09. The van der Waals surface area contributed by atoms with E-state index in [0.29, 0.717) is 32.6 Å². The maximum atomic E-state index is 14.0. The number of hydrogen-bond donors (Lipinski definition) is 2. The number of thioether (sulfide) groups is 1. The number of ether oxygens (including phenoxy) is 1. The minimum absolute atomic E-state index is 0.271. The minimum atomic E-state index is -0.783. The highest BCUT2D eigenvalue weighted by atomic mass is 79.9. The second-order valence-corrected chi connectivity index (χ2v) is 13.1. The number of fused-ring (bicyclic) bond motifs is 2. The molecule has 2 N–H and O–H groups in total. The lowest BCUT2D eigenvalue weighted by Gasteiger charge is -2.31. The van der Waals surface area contributed by atoms with Gasteiger partial charge in [-0.2, -0.15) is 0 Å². The third kappa shape index (κ3) is 5.05. The number of imide groups is 1. The molecule has 4 aromatic rings. The van der Waals surface area contributed by atoms with Crippen molar-refractivity contribution in [1.29, 1.82) is 0 Å². The number of amides is 3. The number of nitrogens with zero attached hydrogens (tertiary/aromatic N) is 1. The molecule has 1 fully saturated rings. The molecule has 0 saturated carbocycles. The first-order valence-electron chi connectivity index (χ1n) is 12.1. The molecule has 202 valence electrons. The Morgan fingerprint density at radius 1 is 0.950 bits per heavy atom. The van der Waals surface area contributed by atoms with Crippen LogP contribution in [0.2, 0.25) is 0 Å². The van der Waals surface area contributed by atoms with E-state index in [4.69, 9.17) is 4.74 Å². The molecule has 1 aromatic heterocycles. The first-order chi connectivity index (χ1) is 19.3. The van der Waals surface area contributed by atoms with Gasteiger partial charge in [-0.1, -0.05) is 73.2 Å². The quantitative estimate of drug-likeness (QED) is 0.247. The summed E-state index contributed by atoms with van der Waals surface area (Å²) in [6.45, 7) is -0.271. The maximum absolute atomic E-state index is 14.0. The van der Waals surface area contributed by atoms with Crippen molar-refractivity contribution in [2.24, 2.45) is 5.92 Å². The van der Waals surface area contributed by atoms with E-state index in [2.05, 4.69) is 42.2 Å². The smallest absolute Gasteiger partial charge is 0.305 e. The van der Waals surface area contributed by atoms with Gasteiger partial charge in [0.15, 0.2) is 6.61 Å². The molecule has 2 unspecified atom stereocenters. The van der Waals surface area contributed by atoms with Crippen LogP contribution in [0.15, 0.2) is 91.6 Å². The largest absolute Gasteiger partial charge is 0.483 e. The van der Waals surface area contributed by atoms with Gasteiger partial charge in [0.2, 0.25) is 11.8 Å². The van der Waals surface area contributed by atoms with E-state index in [9.17, 15) is 19.2 Å². The molecule has 3 atom stereocenters. The Morgan fingerprint density at radius 3 is 2.42 bits per heavy atom. The first kappa shape index (κ1) is 27.0. The van der Waals surface area contributed by atoms with Crippen LogP contribution in [-0.2, 0) is 14.4 Å². The molecule has 2 aliphatic rings. The summed E-state index contributed by atoms with van der Waals surface area (Å²) >= 11 is 9.13. The Kier molecular flexibility index (Phi) is 7.43. The van der Waals surface area contributed by atoms with Gasteiger partial charge in [0.25, 0.3) is 5.91 Å². The van der Waals surface area contributed by atoms with Crippen LogP contribution >= 0.6 is 55.0 Å². The number of para-hydroxylation sites is 1. The number of rotatable bonds is 6. The van der Waals surface area contributed by atoms with Crippen LogP contribution in [0.25, 0.3) is 0 Å². The second-order valence-electron chi connectivity index (χ2n) is 9.12. The Bertz CT molecular complexity index is 1690. The molecule has 3 aromatic carbocycles. The molecule has 3 amide bonds. The highest BCUT2D eigenvalue weighted by Gasteiger charge is 2.56. The molecule has 2 aliphatic heterocycles. The van der Waals surface area contributed by atoms with Gasteiger partial charge in [0.05, 0.1) is 16.6 Å². The summed E-state index contributed by atoms with van der Waals surface area (Å²) in [5, 5.41) is 2.61. The number of anilines is 2. The summed E-state index contributed by atoms with van der Waals surface area (Å²) in [6, 6.07) is 21.3. The Balaban J connectivity index is 1.37. The van der Waals surface area contributed by atoms with Crippen LogP contribution in [0.3, 0.4) is 0 Å². The molecule has 8 nitrogen and oxygen atoms in total. The molecule has 6 rings (SSSR count). The molecular formula is C28H19Br2N3O5S2. The minimum Gasteiger partial charge on any atom is -0.483 e. The van der Waals surface area contributed by atoms with Crippen molar-refractivity contribution in [3.8, 4) is 5.75 Å². The van der Waals surface area contributed by atoms with E-state index in [-0.39, 0.29) is 29.2 Å². The van der Waals surface area contributed by atoms with Crippen molar-refractivity contribution in [1.82, 2.24) is 4.98 Å². The molecule has 0 bridgehead atoms. The zero-order valence-corrected chi connectivity index (χ0v) is 25.2. The van der Waals surface area contributed by atoms with Gasteiger partial charge in [0.1, 0.15) is 11.0 Å². The molecule has 0 spiro atoms. The van der Waals surface area contributed by atoms with Gasteiger partial charge >= 0.3 is 4.87 Å². The highest BCUT2D eigenvalue weighted by molar-refractivity contribution is 9.10. The fourth-order valence-corrected chi connectivity index (χ4v) is 8.10. The lowest BCUT2D eigenvalue weighted by Crippen LogP contribution is -2.32. The van der Waals surface area contributed by atoms with E-state index >= 15 is 0 Å². The topological polar surface area (TPSA) is 109 Å². The summed E-state index contributed by atoms with van der Waals surface area (Å²) in [6.07, 6.45) is 0.